The van der Waals surface area contributed by atoms with E-state index < -0.39 is 0 Å². The topological polar surface area (TPSA) is 0 Å². The van der Waals surface area contributed by atoms with Crippen LogP contribution in [0, 0.1) is 0 Å². The van der Waals surface area contributed by atoms with E-state index in [2.05, 4.69) is 12.3 Å². The van der Waals surface area contributed by atoms with Crippen molar-refractivity contribution < 1.29 is 0 Å². The first kappa shape index (κ1) is 8.00. The van der Waals surface area contributed by atoms with Gasteiger partial charge in [0.15, 0.2) is 0 Å². The Bertz CT molecular complexity index is 164. The number of rotatable bonds is 2. The van der Waals surface area contributed by atoms with E-state index in [0.717, 1.165) is 0 Å². The van der Waals surface area contributed by atoms with Gasteiger partial charge < -0.3 is 0 Å². The predicted octanol–water partition coefficient (Wildman–Crippen LogP) is 2.85. The van der Waals surface area contributed by atoms with Crippen molar-refractivity contribution in [3.05, 3.63) is 42.2 Å². The van der Waals surface area contributed by atoms with Crippen LogP contribution in [0.2, 0.25) is 0 Å². The molecule has 0 atom stereocenters. The average molecular weight is 120 g/mol. The maximum atomic E-state index is 3.44. The van der Waals surface area contributed by atoms with Crippen LogP contribution < -0.4 is 0 Å². The monoisotopic (exact) mass is 120 g/mol. The molecule has 0 unspecified atom stereocenters. The molecule has 0 nitrogen and oxygen atoms in total. The molecule has 0 amide bonds. The summed E-state index contributed by atoms with van der Waals surface area (Å²) in [5.74, 6) is 0. The molecule has 0 heterocycles. The summed E-state index contributed by atoms with van der Waals surface area (Å²) in [4.78, 5) is 0. The molecule has 0 aromatic carbocycles. The van der Waals surface area contributed by atoms with Gasteiger partial charge in [0.1, 0.15) is 0 Å². The minimum absolute atomic E-state index is 1.22. The number of allylic oxidation sites excluding steroid dienone is 5. The van der Waals surface area contributed by atoms with Gasteiger partial charge in [0.25, 0.3) is 0 Å². The van der Waals surface area contributed by atoms with Crippen LogP contribution in [0.25, 0.3) is 0 Å². The van der Waals surface area contributed by atoms with E-state index in [-0.39, 0.29) is 0 Å². The van der Waals surface area contributed by atoms with Crippen LogP contribution in [-0.2, 0) is 0 Å². The molecule has 0 bridgehead atoms. The first-order chi connectivity index (χ1) is 4.31. The molecule has 0 radical (unpaired) electrons. The highest BCUT2D eigenvalue weighted by molar-refractivity contribution is 5.20. The molecular weight excluding hydrogens is 108 g/mol. The molecule has 9 heavy (non-hydrogen) atoms. The zero-order valence-corrected chi connectivity index (χ0v) is 6.02. The fraction of sp³-hybridized carbons (Fsp3) is 0.222. The smallest absolute Gasteiger partial charge is 0.0203 e. The van der Waals surface area contributed by atoms with Crippen molar-refractivity contribution in [3.8, 4) is 0 Å². The number of hydrogen-bond acceptors (Lipinski definition) is 0. The van der Waals surface area contributed by atoms with E-state index >= 15 is 0 Å². The standard InChI is InChI=1S/C9H12/c1-4-6-8-9(3)7-5-2/h5-8H,1H2,2-3H3. The fourth-order valence-electron chi connectivity index (χ4n) is 0.509. The van der Waals surface area contributed by atoms with Crippen molar-refractivity contribution in [1.29, 1.82) is 0 Å². The third kappa shape index (κ3) is 4.86. The first-order valence-electron chi connectivity index (χ1n) is 2.96. The molecule has 0 saturated carbocycles. The van der Waals surface area contributed by atoms with E-state index in [0.29, 0.717) is 0 Å². The Hall–Kier alpha value is -1.00. The molecule has 0 saturated heterocycles. The van der Waals surface area contributed by atoms with E-state index in [1.54, 1.807) is 6.08 Å². The second-order valence-electron chi connectivity index (χ2n) is 1.78. The van der Waals surface area contributed by atoms with Crippen LogP contribution in [0.15, 0.2) is 42.2 Å². The molecule has 48 valence electrons. The third-order valence-electron chi connectivity index (χ3n) is 0.894. The first-order valence-corrected chi connectivity index (χ1v) is 2.96. The molecule has 0 aliphatic carbocycles. The summed E-state index contributed by atoms with van der Waals surface area (Å²) in [6.45, 7) is 7.47. The Kier molecular flexibility index (Phi) is 4.57. The predicted molar refractivity (Wildman–Crippen MR) is 42.3 cm³/mol. The summed E-state index contributed by atoms with van der Waals surface area (Å²) in [6.07, 6.45) is 7.80. The average Bonchev–Trinajstić information content (AvgIpc) is 1.85. The summed E-state index contributed by atoms with van der Waals surface area (Å²) in [7, 11) is 0. The second-order valence-corrected chi connectivity index (χ2v) is 1.78. The SMILES string of the molecule is C=C=CC=C(C)C=CC. The summed E-state index contributed by atoms with van der Waals surface area (Å²) in [5, 5.41) is 0. The Balaban J connectivity index is 3.99. The lowest BCUT2D eigenvalue weighted by atomic mass is 10.2. The maximum absolute atomic E-state index is 3.44. The summed E-state index contributed by atoms with van der Waals surface area (Å²) in [6, 6.07) is 0. The van der Waals surface area contributed by atoms with E-state index in [1.165, 1.54) is 5.57 Å². The highest BCUT2D eigenvalue weighted by Gasteiger charge is 1.72. The van der Waals surface area contributed by atoms with E-state index in [4.69, 9.17) is 0 Å². The zero-order chi connectivity index (χ0) is 7.11. The van der Waals surface area contributed by atoms with Crippen molar-refractivity contribution in [2.24, 2.45) is 0 Å². The lowest BCUT2D eigenvalue weighted by molar-refractivity contribution is 1.50. The van der Waals surface area contributed by atoms with Crippen LogP contribution in [-0.4, -0.2) is 0 Å². The van der Waals surface area contributed by atoms with Gasteiger partial charge in [-0.05, 0) is 19.9 Å². The van der Waals surface area contributed by atoms with Gasteiger partial charge in [-0.15, -0.1) is 5.73 Å². The Morgan fingerprint density at radius 3 is 2.67 bits per heavy atom. The molecule has 0 spiro atoms. The molecule has 0 fully saturated rings. The van der Waals surface area contributed by atoms with Crippen molar-refractivity contribution in [2.45, 2.75) is 13.8 Å². The maximum Gasteiger partial charge on any atom is -0.0203 e. The van der Waals surface area contributed by atoms with Gasteiger partial charge in [0.05, 0.1) is 0 Å². The highest BCUT2D eigenvalue weighted by Crippen LogP contribution is 1.93. The van der Waals surface area contributed by atoms with Gasteiger partial charge in [-0.25, -0.2) is 0 Å². The van der Waals surface area contributed by atoms with Gasteiger partial charge in [0, 0.05) is 0 Å². The minimum atomic E-state index is 1.22. The lowest BCUT2D eigenvalue weighted by Gasteiger charge is -1.82. The second kappa shape index (κ2) is 5.14. The van der Waals surface area contributed by atoms with Gasteiger partial charge in [-0.2, -0.15) is 0 Å². The minimum Gasteiger partial charge on any atom is -0.129 e. The fourth-order valence-corrected chi connectivity index (χ4v) is 0.509. The molecule has 0 rings (SSSR count). The van der Waals surface area contributed by atoms with Gasteiger partial charge in [0.2, 0.25) is 0 Å². The van der Waals surface area contributed by atoms with Crippen LogP contribution in [0.1, 0.15) is 13.8 Å². The highest BCUT2D eigenvalue weighted by atomic mass is 13.8. The van der Waals surface area contributed by atoms with Crippen molar-refractivity contribution in [3.63, 3.8) is 0 Å². The van der Waals surface area contributed by atoms with Crippen molar-refractivity contribution in [1.82, 2.24) is 0 Å². The molecule has 0 heteroatoms. The van der Waals surface area contributed by atoms with Crippen LogP contribution in [0.3, 0.4) is 0 Å². The van der Waals surface area contributed by atoms with Gasteiger partial charge in [-0.1, -0.05) is 30.4 Å². The van der Waals surface area contributed by atoms with Crippen LogP contribution in [0.5, 0.6) is 0 Å². The van der Waals surface area contributed by atoms with Crippen LogP contribution in [0.4, 0.5) is 0 Å². The molecular formula is C9H12. The Labute approximate surface area is 56.9 Å². The largest absolute Gasteiger partial charge is 0.129 e. The third-order valence-corrected chi connectivity index (χ3v) is 0.894. The summed E-state index contributed by atoms with van der Waals surface area (Å²) in [5.41, 5.74) is 3.89. The quantitative estimate of drug-likeness (QED) is 0.388. The van der Waals surface area contributed by atoms with Crippen molar-refractivity contribution >= 4 is 0 Å². The van der Waals surface area contributed by atoms with Gasteiger partial charge >= 0.3 is 0 Å². The normalized spacial score (nSPS) is 11.6. The molecule has 0 N–H and O–H groups in total. The Morgan fingerprint density at radius 2 is 2.22 bits per heavy atom. The molecule has 0 aliphatic heterocycles. The lowest BCUT2D eigenvalue weighted by Crippen LogP contribution is -1.62. The van der Waals surface area contributed by atoms with E-state index in [1.807, 2.05) is 32.1 Å². The Morgan fingerprint density at radius 1 is 1.56 bits per heavy atom. The van der Waals surface area contributed by atoms with Crippen LogP contribution >= 0.6 is 0 Å². The molecule has 0 aromatic rings. The zero-order valence-electron chi connectivity index (χ0n) is 6.02. The summed E-state index contributed by atoms with van der Waals surface area (Å²) >= 11 is 0. The number of hydrogen-bond donors (Lipinski definition) is 0. The van der Waals surface area contributed by atoms with Gasteiger partial charge in [-0.3, -0.25) is 0 Å². The summed E-state index contributed by atoms with van der Waals surface area (Å²) < 4.78 is 0. The molecule has 0 aliphatic rings. The van der Waals surface area contributed by atoms with E-state index in [9.17, 15) is 0 Å². The molecule has 0 aromatic heterocycles. The van der Waals surface area contributed by atoms with Crippen molar-refractivity contribution in [2.75, 3.05) is 0 Å².